The molecule has 0 spiro atoms. The van der Waals surface area contributed by atoms with Gasteiger partial charge < -0.3 is 15.4 Å². The molecule has 2 N–H and O–H groups in total. The zero-order valence-electron chi connectivity index (χ0n) is 13.4. The van der Waals surface area contributed by atoms with Crippen LogP contribution in [0.2, 0.25) is 5.02 Å². The number of benzene rings is 1. The van der Waals surface area contributed by atoms with E-state index in [1.165, 1.54) is 0 Å². The zero-order valence-corrected chi connectivity index (χ0v) is 14.2. The summed E-state index contributed by atoms with van der Waals surface area (Å²) in [4.78, 5) is 8.88. The number of ether oxygens (including phenoxy) is 1. The highest BCUT2D eigenvalue weighted by Gasteiger charge is 2.15. The van der Waals surface area contributed by atoms with E-state index in [9.17, 15) is 0 Å². The van der Waals surface area contributed by atoms with Crippen LogP contribution in [0.3, 0.4) is 0 Å². The van der Waals surface area contributed by atoms with Gasteiger partial charge in [0.25, 0.3) is 0 Å². The number of aryl methyl sites for hydroxylation is 2. The van der Waals surface area contributed by atoms with Crippen LogP contribution in [0.15, 0.2) is 24.3 Å². The molecule has 1 aromatic carbocycles. The Balaban J connectivity index is 1.71. The molecule has 1 atom stereocenters. The molecule has 6 heteroatoms. The lowest BCUT2D eigenvalue weighted by atomic mass is 10.2. The molecule has 2 heterocycles. The molecule has 23 heavy (non-hydrogen) atoms. The number of nitrogens with one attached hydrogen (secondary N) is 2. The van der Waals surface area contributed by atoms with E-state index in [0.717, 1.165) is 59.7 Å². The first-order valence-corrected chi connectivity index (χ1v) is 8.22. The van der Waals surface area contributed by atoms with Gasteiger partial charge in [0, 0.05) is 29.9 Å². The standard InChI is InChI=1S/C17H21ClN4O/c1-11-8-13(18)5-6-15(11)22-17-9-16(20-12(2)21-17)19-10-14-4-3-7-23-14/h5-6,8-9,14H,3-4,7,10H2,1-2H3,(H2,19,20,21,22). The third-order valence-electron chi connectivity index (χ3n) is 3.82. The summed E-state index contributed by atoms with van der Waals surface area (Å²) in [6.07, 6.45) is 2.52. The Hall–Kier alpha value is -1.85. The Labute approximate surface area is 141 Å². The summed E-state index contributed by atoms with van der Waals surface area (Å²) >= 11 is 6.00. The Morgan fingerprint density at radius 2 is 2.04 bits per heavy atom. The van der Waals surface area contributed by atoms with Crippen LogP contribution in [-0.4, -0.2) is 29.2 Å². The van der Waals surface area contributed by atoms with Crippen LogP contribution in [0.5, 0.6) is 0 Å². The Bertz CT molecular complexity index is 686. The first-order chi connectivity index (χ1) is 11.1. The maximum absolute atomic E-state index is 6.00. The maximum atomic E-state index is 6.00. The van der Waals surface area contributed by atoms with Crippen LogP contribution in [0.25, 0.3) is 0 Å². The number of hydrogen-bond donors (Lipinski definition) is 2. The number of halogens is 1. The summed E-state index contributed by atoms with van der Waals surface area (Å²) in [6.45, 7) is 5.53. The lowest BCUT2D eigenvalue weighted by molar-refractivity contribution is 0.120. The topological polar surface area (TPSA) is 59.1 Å². The van der Waals surface area contributed by atoms with Crippen molar-refractivity contribution in [1.29, 1.82) is 0 Å². The largest absolute Gasteiger partial charge is 0.376 e. The predicted octanol–water partition coefficient (Wildman–Crippen LogP) is 4.08. The van der Waals surface area contributed by atoms with E-state index < -0.39 is 0 Å². The van der Waals surface area contributed by atoms with Crippen molar-refractivity contribution >= 4 is 28.9 Å². The molecule has 3 rings (SSSR count). The van der Waals surface area contributed by atoms with Gasteiger partial charge in [0.2, 0.25) is 0 Å². The van der Waals surface area contributed by atoms with E-state index in [2.05, 4.69) is 20.6 Å². The summed E-state index contributed by atoms with van der Waals surface area (Å²) < 4.78 is 5.62. The average Bonchev–Trinajstić information content (AvgIpc) is 3.01. The van der Waals surface area contributed by atoms with Crippen molar-refractivity contribution in [2.24, 2.45) is 0 Å². The number of rotatable bonds is 5. The fraction of sp³-hybridized carbons (Fsp3) is 0.412. The summed E-state index contributed by atoms with van der Waals surface area (Å²) in [6, 6.07) is 7.65. The normalized spacial score (nSPS) is 17.3. The van der Waals surface area contributed by atoms with E-state index in [-0.39, 0.29) is 6.10 Å². The van der Waals surface area contributed by atoms with Crippen molar-refractivity contribution in [3.8, 4) is 0 Å². The molecule has 122 valence electrons. The van der Waals surface area contributed by atoms with Gasteiger partial charge in [0.05, 0.1) is 6.10 Å². The van der Waals surface area contributed by atoms with Crippen LogP contribution < -0.4 is 10.6 Å². The van der Waals surface area contributed by atoms with E-state index in [0.29, 0.717) is 0 Å². The van der Waals surface area contributed by atoms with Crippen molar-refractivity contribution in [3.05, 3.63) is 40.7 Å². The monoisotopic (exact) mass is 332 g/mol. The molecule has 1 aromatic heterocycles. The minimum Gasteiger partial charge on any atom is -0.376 e. The SMILES string of the molecule is Cc1nc(NCC2CCCO2)cc(Nc2ccc(Cl)cc2C)n1. The molecule has 0 aliphatic carbocycles. The number of hydrogen-bond acceptors (Lipinski definition) is 5. The van der Waals surface area contributed by atoms with Crippen molar-refractivity contribution in [3.63, 3.8) is 0 Å². The van der Waals surface area contributed by atoms with Gasteiger partial charge in [-0.2, -0.15) is 0 Å². The molecule has 0 saturated carbocycles. The molecule has 1 unspecified atom stereocenters. The molecule has 0 bridgehead atoms. The van der Waals surface area contributed by atoms with Gasteiger partial charge in [0.1, 0.15) is 17.5 Å². The molecular formula is C17H21ClN4O. The number of nitrogens with zero attached hydrogens (tertiary/aromatic N) is 2. The van der Waals surface area contributed by atoms with Gasteiger partial charge in [0.15, 0.2) is 0 Å². The molecule has 1 aliphatic heterocycles. The molecule has 0 radical (unpaired) electrons. The second-order valence-electron chi connectivity index (χ2n) is 5.79. The second-order valence-corrected chi connectivity index (χ2v) is 6.22. The van der Waals surface area contributed by atoms with Gasteiger partial charge in [-0.3, -0.25) is 0 Å². The first kappa shape index (κ1) is 16.0. The molecular weight excluding hydrogens is 312 g/mol. The van der Waals surface area contributed by atoms with E-state index in [1.54, 1.807) is 0 Å². The van der Waals surface area contributed by atoms with Gasteiger partial charge >= 0.3 is 0 Å². The predicted molar refractivity (Wildman–Crippen MR) is 93.7 cm³/mol. The van der Waals surface area contributed by atoms with E-state index in [1.807, 2.05) is 38.1 Å². The lowest BCUT2D eigenvalue weighted by Crippen LogP contribution is -2.19. The minimum absolute atomic E-state index is 0.278. The second kappa shape index (κ2) is 7.15. The Morgan fingerprint density at radius 1 is 1.22 bits per heavy atom. The van der Waals surface area contributed by atoms with Crippen LogP contribution in [-0.2, 0) is 4.74 Å². The minimum atomic E-state index is 0.278. The first-order valence-electron chi connectivity index (χ1n) is 7.84. The third kappa shape index (κ3) is 4.33. The highest BCUT2D eigenvalue weighted by molar-refractivity contribution is 6.30. The summed E-state index contributed by atoms with van der Waals surface area (Å²) in [5.74, 6) is 2.29. The lowest BCUT2D eigenvalue weighted by Gasteiger charge is -2.14. The maximum Gasteiger partial charge on any atom is 0.136 e. The Morgan fingerprint density at radius 3 is 2.78 bits per heavy atom. The fourth-order valence-corrected chi connectivity index (χ4v) is 2.88. The van der Waals surface area contributed by atoms with Crippen molar-refractivity contribution in [2.75, 3.05) is 23.8 Å². The van der Waals surface area contributed by atoms with Crippen molar-refractivity contribution in [2.45, 2.75) is 32.8 Å². The van der Waals surface area contributed by atoms with Crippen LogP contribution in [0, 0.1) is 13.8 Å². The molecule has 2 aromatic rings. The summed E-state index contributed by atoms with van der Waals surface area (Å²) in [7, 11) is 0. The van der Waals surface area contributed by atoms with Gasteiger partial charge in [-0.1, -0.05) is 11.6 Å². The molecule has 1 fully saturated rings. The molecule has 1 aliphatic rings. The molecule has 0 amide bonds. The molecule has 5 nitrogen and oxygen atoms in total. The Kier molecular flexibility index (Phi) is 4.98. The third-order valence-corrected chi connectivity index (χ3v) is 4.06. The highest BCUT2D eigenvalue weighted by atomic mass is 35.5. The van der Waals surface area contributed by atoms with Crippen LogP contribution in [0.4, 0.5) is 17.3 Å². The van der Waals surface area contributed by atoms with Crippen LogP contribution in [0.1, 0.15) is 24.2 Å². The highest BCUT2D eigenvalue weighted by Crippen LogP contribution is 2.24. The number of anilines is 3. The number of aromatic nitrogens is 2. The van der Waals surface area contributed by atoms with Gasteiger partial charge in [-0.25, -0.2) is 9.97 Å². The van der Waals surface area contributed by atoms with Gasteiger partial charge in [-0.15, -0.1) is 0 Å². The quantitative estimate of drug-likeness (QED) is 0.864. The van der Waals surface area contributed by atoms with E-state index >= 15 is 0 Å². The smallest absolute Gasteiger partial charge is 0.136 e. The average molecular weight is 333 g/mol. The van der Waals surface area contributed by atoms with Crippen molar-refractivity contribution in [1.82, 2.24) is 9.97 Å². The molecule has 1 saturated heterocycles. The summed E-state index contributed by atoms with van der Waals surface area (Å²) in [5.41, 5.74) is 2.06. The van der Waals surface area contributed by atoms with Gasteiger partial charge in [-0.05, 0) is 50.5 Å². The fourth-order valence-electron chi connectivity index (χ4n) is 2.65. The zero-order chi connectivity index (χ0) is 16.2. The van der Waals surface area contributed by atoms with Crippen LogP contribution >= 0.6 is 11.6 Å². The van der Waals surface area contributed by atoms with Crippen molar-refractivity contribution < 1.29 is 4.74 Å². The summed E-state index contributed by atoms with van der Waals surface area (Å²) in [5, 5.41) is 7.40. The van der Waals surface area contributed by atoms with E-state index in [4.69, 9.17) is 16.3 Å².